The van der Waals surface area contributed by atoms with E-state index in [1.165, 1.54) is 12.1 Å². The number of halogens is 1. The number of carboxylic acids is 1. The van der Waals surface area contributed by atoms with Crippen LogP contribution in [0.3, 0.4) is 0 Å². The van der Waals surface area contributed by atoms with Crippen molar-refractivity contribution in [3.8, 4) is 0 Å². The number of carbonyl (C=O) groups excluding carboxylic acids is 1. The van der Waals surface area contributed by atoms with Crippen LogP contribution in [0.5, 0.6) is 0 Å². The van der Waals surface area contributed by atoms with E-state index in [2.05, 4.69) is 5.32 Å². The van der Waals surface area contributed by atoms with E-state index in [1.807, 2.05) is 13.8 Å². The quantitative estimate of drug-likeness (QED) is 0.619. The van der Waals surface area contributed by atoms with Crippen molar-refractivity contribution < 1.29 is 19.6 Å². The smallest absolute Gasteiger partial charge is 0.326 e. The van der Waals surface area contributed by atoms with E-state index in [0.717, 1.165) is 6.07 Å². The molecule has 1 unspecified atom stereocenters. The molecule has 7 nitrogen and oxygen atoms in total. The van der Waals surface area contributed by atoms with Gasteiger partial charge in [0.1, 0.15) is 11.1 Å². The molecule has 0 saturated heterocycles. The summed E-state index contributed by atoms with van der Waals surface area (Å²) in [4.78, 5) is 33.1. The highest BCUT2D eigenvalue weighted by Crippen LogP contribution is 2.25. The summed E-state index contributed by atoms with van der Waals surface area (Å²) in [5.41, 5.74) is -0.416. The third-order valence-corrected chi connectivity index (χ3v) is 3.04. The Morgan fingerprint density at radius 3 is 2.52 bits per heavy atom. The van der Waals surface area contributed by atoms with Gasteiger partial charge in [0.05, 0.1) is 4.92 Å². The summed E-state index contributed by atoms with van der Waals surface area (Å²) < 4.78 is 0. The highest BCUT2D eigenvalue weighted by Gasteiger charge is 2.23. The molecule has 1 amide bonds. The third kappa shape index (κ3) is 4.71. The van der Waals surface area contributed by atoms with Gasteiger partial charge in [-0.3, -0.25) is 14.9 Å². The minimum absolute atomic E-state index is 0.0129. The standard InChI is InChI=1S/C13H15ClN2O5/c1-7(2)5-10(13(18)19)15-12(17)8-3-4-9(14)11(6-8)16(20)21/h3-4,6-7,10H,5H2,1-2H3,(H,15,17)(H,18,19). The van der Waals surface area contributed by atoms with E-state index in [-0.39, 0.29) is 22.9 Å². The summed E-state index contributed by atoms with van der Waals surface area (Å²) in [6.07, 6.45) is 0.261. The lowest BCUT2D eigenvalue weighted by molar-refractivity contribution is -0.384. The number of aliphatic carboxylic acids is 1. The van der Waals surface area contributed by atoms with Gasteiger partial charge in [-0.25, -0.2) is 4.79 Å². The molecule has 114 valence electrons. The summed E-state index contributed by atoms with van der Waals surface area (Å²) in [5, 5.41) is 22.1. The van der Waals surface area contributed by atoms with Crippen LogP contribution < -0.4 is 5.32 Å². The Morgan fingerprint density at radius 2 is 2.05 bits per heavy atom. The molecule has 0 aliphatic rings. The first-order chi connectivity index (χ1) is 9.72. The maximum absolute atomic E-state index is 12.0. The molecule has 0 heterocycles. The van der Waals surface area contributed by atoms with Gasteiger partial charge in [0.2, 0.25) is 0 Å². The molecule has 0 spiro atoms. The highest BCUT2D eigenvalue weighted by atomic mass is 35.5. The second-order valence-corrected chi connectivity index (χ2v) is 5.32. The van der Waals surface area contributed by atoms with E-state index in [9.17, 15) is 19.7 Å². The fourth-order valence-corrected chi connectivity index (χ4v) is 1.91. The zero-order valence-corrected chi connectivity index (χ0v) is 12.3. The Labute approximate surface area is 126 Å². The molecular formula is C13H15ClN2O5. The summed E-state index contributed by atoms with van der Waals surface area (Å²) >= 11 is 5.65. The minimum atomic E-state index is -1.15. The predicted octanol–water partition coefficient (Wildman–Crippen LogP) is 2.48. The van der Waals surface area contributed by atoms with Crippen molar-refractivity contribution in [2.24, 2.45) is 5.92 Å². The van der Waals surface area contributed by atoms with Crippen LogP contribution >= 0.6 is 11.6 Å². The fourth-order valence-electron chi connectivity index (χ4n) is 1.73. The van der Waals surface area contributed by atoms with Gasteiger partial charge < -0.3 is 10.4 Å². The molecule has 1 aromatic rings. The van der Waals surface area contributed by atoms with E-state index in [1.54, 1.807) is 0 Å². The monoisotopic (exact) mass is 314 g/mol. The molecule has 0 bridgehead atoms. The lowest BCUT2D eigenvalue weighted by Gasteiger charge is -2.16. The van der Waals surface area contributed by atoms with Crippen LogP contribution in [0.15, 0.2) is 18.2 Å². The van der Waals surface area contributed by atoms with Gasteiger partial charge in [0, 0.05) is 11.6 Å². The van der Waals surface area contributed by atoms with Gasteiger partial charge in [-0.15, -0.1) is 0 Å². The van der Waals surface area contributed by atoms with Gasteiger partial charge in [-0.05, 0) is 24.5 Å². The van der Waals surface area contributed by atoms with Crippen LogP contribution in [0.2, 0.25) is 5.02 Å². The summed E-state index contributed by atoms with van der Waals surface area (Å²) in [7, 11) is 0. The van der Waals surface area contributed by atoms with Crippen LogP contribution in [0.25, 0.3) is 0 Å². The molecule has 0 saturated carbocycles. The third-order valence-electron chi connectivity index (χ3n) is 2.72. The number of benzene rings is 1. The number of nitro groups is 1. The Balaban J connectivity index is 2.95. The predicted molar refractivity (Wildman–Crippen MR) is 76.5 cm³/mol. The number of carboxylic acid groups (broad SMARTS) is 1. The zero-order chi connectivity index (χ0) is 16.2. The maximum atomic E-state index is 12.0. The van der Waals surface area contributed by atoms with Crippen molar-refractivity contribution in [2.45, 2.75) is 26.3 Å². The topological polar surface area (TPSA) is 110 Å². The molecule has 0 aliphatic carbocycles. The molecule has 0 aromatic heterocycles. The molecule has 1 aromatic carbocycles. The zero-order valence-electron chi connectivity index (χ0n) is 11.5. The number of rotatable bonds is 6. The average molecular weight is 315 g/mol. The van der Waals surface area contributed by atoms with Crippen molar-refractivity contribution in [3.63, 3.8) is 0 Å². The van der Waals surface area contributed by atoms with Gasteiger partial charge in [-0.1, -0.05) is 25.4 Å². The number of nitrogens with zero attached hydrogens (tertiary/aromatic N) is 1. The summed E-state index contributed by atoms with van der Waals surface area (Å²) in [6, 6.07) is 2.50. The molecule has 2 N–H and O–H groups in total. The Bertz CT molecular complexity index is 574. The molecular weight excluding hydrogens is 300 g/mol. The van der Waals surface area contributed by atoms with E-state index in [0.29, 0.717) is 0 Å². The number of nitrogens with one attached hydrogen (secondary N) is 1. The molecule has 1 rings (SSSR count). The highest BCUT2D eigenvalue weighted by molar-refractivity contribution is 6.32. The second kappa shape index (κ2) is 7.03. The van der Waals surface area contributed by atoms with Crippen molar-refractivity contribution in [1.82, 2.24) is 5.32 Å². The Hall–Kier alpha value is -2.15. The van der Waals surface area contributed by atoms with Gasteiger partial charge in [0.25, 0.3) is 11.6 Å². The van der Waals surface area contributed by atoms with Crippen LogP contribution in [0.4, 0.5) is 5.69 Å². The van der Waals surface area contributed by atoms with Crippen LogP contribution in [0, 0.1) is 16.0 Å². The minimum Gasteiger partial charge on any atom is -0.480 e. The first kappa shape index (κ1) is 16.9. The molecule has 1 atom stereocenters. The van der Waals surface area contributed by atoms with Gasteiger partial charge >= 0.3 is 5.97 Å². The fraction of sp³-hybridized carbons (Fsp3) is 0.385. The maximum Gasteiger partial charge on any atom is 0.326 e. The van der Waals surface area contributed by atoms with Crippen molar-refractivity contribution in [2.75, 3.05) is 0 Å². The van der Waals surface area contributed by atoms with Gasteiger partial charge in [-0.2, -0.15) is 0 Å². The van der Waals surface area contributed by atoms with Crippen molar-refractivity contribution in [3.05, 3.63) is 38.9 Å². The molecule has 0 aliphatic heterocycles. The molecule has 0 fully saturated rings. The second-order valence-electron chi connectivity index (χ2n) is 4.92. The summed E-state index contributed by atoms with van der Waals surface area (Å²) in [5.74, 6) is -1.77. The largest absolute Gasteiger partial charge is 0.480 e. The molecule has 0 radical (unpaired) electrons. The Morgan fingerprint density at radius 1 is 1.43 bits per heavy atom. The number of amides is 1. The van der Waals surface area contributed by atoms with Crippen LogP contribution in [-0.2, 0) is 4.79 Å². The molecule has 21 heavy (non-hydrogen) atoms. The normalized spacial score (nSPS) is 12.0. The van der Waals surface area contributed by atoms with Crippen LogP contribution in [0.1, 0.15) is 30.6 Å². The molecule has 8 heteroatoms. The van der Waals surface area contributed by atoms with Crippen LogP contribution in [-0.4, -0.2) is 27.9 Å². The average Bonchev–Trinajstić information content (AvgIpc) is 2.37. The first-order valence-corrected chi connectivity index (χ1v) is 6.57. The van der Waals surface area contributed by atoms with Crippen molar-refractivity contribution >= 4 is 29.2 Å². The van der Waals surface area contributed by atoms with Gasteiger partial charge in [0.15, 0.2) is 0 Å². The summed E-state index contributed by atoms with van der Waals surface area (Å²) in [6.45, 7) is 3.66. The number of hydrogen-bond acceptors (Lipinski definition) is 4. The number of nitro benzene ring substituents is 1. The number of carbonyl (C=O) groups is 2. The Kier molecular flexibility index (Phi) is 5.66. The van der Waals surface area contributed by atoms with Crippen molar-refractivity contribution in [1.29, 1.82) is 0 Å². The SMILES string of the molecule is CC(C)CC(NC(=O)c1ccc(Cl)c([N+](=O)[O-])c1)C(=O)O. The van der Waals surface area contributed by atoms with E-state index in [4.69, 9.17) is 16.7 Å². The number of hydrogen-bond donors (Lipinski definition) is 2. The lowest BCUT2D eigenvalue weighted by atomic mass is 10.0. The lowest BCUT2D eigenvalue weighted by Crippen LogP contribution is -2.41. The first-order valence-electron chi connectivity index (χ1n) is 6.20. The van der Waals surface area contributed by atoms with E-state index < -0.39 is 28.5 Å². The van der Waals surface area contributed by atoms with E-state index >= 15 is 0 Å².